The molecule has 0 radical (unpaired) electrons. The Morgan fingerprint density at radius 2 is 2.06 bits per heavy atom. The molecule has 1 aromatic rings. The van der Waals surface area contributed by atoms with E-state index in [1.54, 1.807) is 24.3 Å². The number of nitrogens with zero attached hydrogens (tertiary/aromatic N) is 1. The van der Waals surface area contributed by atoms with E-state index >= 15 is 0 Å². The quantitative estimate of drug-likeness (QED) is 0.828. The summed E-state index contributed by atoms with van der Waals surface area (Å²) in [7, 11) is 0. The lowest BCUT2D eigenvalue weighted by Crippen LogP contribution is -1.98. The van der Waals surface area contributed by atoms with Crippen LogP contribution in [0.3, 0.4) is 0 Å². The number of halogens is 2. The standard InChI is InChI=1S/C12H7Cl2N3S/c13-8-2-1-6(3-9(8)14)4-10-11(16)7(5-15)12(17)18-10/h1-4,17H,16H2/b10-4+,17-12?. The Hall–Kier alpha value is -1.41. The van der Waals surface area contributed by atoms with Crippen molar-refractivity contribution in [1.29, 1.82) is 10.7 Å². The maximum absolute atomic E-state index is 8.86. The Morgan fingerprint density at radius 1 is 1.33 bits per heavy atom. The van der Waals surface area contributed by atoms with Crippen molar-refractivity contribution in [2.24, 2.45) is 5.73 Å². The molecule has 18 heavy (non-hydrogen) atoms. The normalized spacial score (nSPS) is 17.4. The topological polar surface area (TPSA) is 73.7 Å². The second kappa shape index (κ2) is 5.07. The summed E-state index contributed by atoms with van der Waals surface area (Å²) < 4.78 is 0. The summed E-state index contributed by atoms with van der Waals surface area (Å²) in [6.45, 7) is 0. The monoisotopic (exact) mass is 295 g/mol. The van der Waals surface area contributed by atoms with Crippen molar-refractivity contribution >= 4 is 46.1 Å². The molecular weight excluding hydrogens is 289 g/mol. The third-order valence-corrected chi connectivity index (χ3v) is 4.03. The lowest BCUT2D eigenvalue weighted by Gasteiger charge is -2.00. The molecule has 2 rings (SSSR count). The number of rotatable bonds is 1. The minimum Gasteiger partial charge on any atom is -0.397 e. The molecule has 0 unspecified atom stereocenters. The van der Waals surface area contributed by atoms with Crippen LogP contribution in [0.2, 0.25) is 10.0 Å². The van der Waals surface area contributed by atoms with Gasteiger partial charge in [-0.25, -0.2) is 0 Å². The first kappa shape index (κ1) is 13.0. The smallest absolute Gasteiger partial charge is 0.112 e. The van der Waals surface area contributed by atoms with Crippen molar-refractivity contribution in [3.8, 4) is 6.07 Å². The Morgan fingerprint density at radius 3 is 2.61 bits per heavy atom. The van der Waals surface area contributed by atoms with Gasteiger partial charge in [0.2, 0.25) is 0 Å². The minimum absolute atomic E-state index is 0.168. The first-order chi connectivity index (χ1) is 8.52. The van der Waals surface area contributed by atoms with Crippen LogP contribution in [0.5, 0.6) is 0 Å². The molecule has 90 valence electrons. The number of benzene rings is 1. The molecule has 0 amide bonds. The molecule has 0 aliphatic carbocycles. The number of nitriles is 1. The third-order valence-electron chi connectivity index (χ3n) is 2.33. The number of nitrogens with one attached hydrogen (secondary N) is 1. The molecule has 1 aromatic carbocycles. The third kappa shape index (κ3) is 2.39. The van der Waals surface area contributed by atoms with Crippen LogP contribution in [-0.4, -0.2) is 5.04 Å². The van der Waals surface area contributed by atoms with E-state index in [1.165, 1.54) is 0 Å². The van der Waals surface area contributed by atoms with Gasteiger partial charge in [-0.1, -0.05) is 41.0 Å². The SMILES string of the molecule is N#CC1=C(N)/C(=C\c2ccc(Cl)c(Cl)c2)SC1=N. The van der Waals surface area contributed by atoms with Gasteiger partial charge in [0.15, 0.2) is 0 Å². The largest absolute Gasteiger partial charge is 0.397 e. The minimum atomic E-state index is 0.168. The van der Waals surface area contributed by atoms with E-state index in [9.17, 15) is 0 Å². The Balaban J connectivity index is 2.42. The zero-order valence-corrected chi connectivity index (χ0v) is 11.3. The number of thioether (sulfide) groups is 1. The van der Waals surface area contributed by atoms with Gasteiger partial charge in [-0.05, 0) is 23.8 Å². The predicted octanol–water partition coefficient (Wildman–Crippen LogP) is 3.79. The maximum atomic E-state index is 8.86. The van der Waals surface area contributed by atoms with E-state index in [0.29, 0.717) is 20.6 Å². The van der Waals surface area contributed by atoms with Gasteiger partial charge in [0.05, 0.1) is 15.7 Å². The van der Waals surface area contributed by atoms with E-state index in [1.807, 2.05) is 6.07 Å². The summed E-state index contributed by atoms with van der Waals surface area (Å²) in [5.41, 5.74) is 7.18. The summed E-state index contributed by atoms with van der Waals surface area (Å²) in [5, 5.41) is 17.6. The van der Waals surface area contributed by atoms with Gasteiger partial charge in [0, 0.05) is 4.91 Å². The molecule has 3 nitrogen and oxygen atoms in total. The highest BCUT2D eigenvalue weighted by Gasteiger charge is 2.23. The molecule has 6 heteroatoms. The second-order valence-electron chi connectivity index (χ2n) is 3.51. The predicted molar refractivity (Wildman–Crippen MR) is 76.6 cm³/mol. The molecular formula is C12H7Cl2N3S. The highest BCUT2D eigenvalue weighted by Crippen LogP contribution is 2.36. The first-order valence-electron chi connectivity index (χ1n) is 4.86. The van der Waals surface area contributed by atoms with Gasteiger partial charge in [0.1, 0.15) is 16.7 Å². The average molecular weight is 296 g/mol. The van der Waals surface area contributed by atoms with E-state index < -0.39 is 0 Å². The molecule has 0 atom stereocenters. The van der Waals surface area contributed by atoms with Crippen molar-refractivity contribution in [3.63, 3.8) is 0 Å². The molecule has 0 saturated heterocycles. The van der Waals surface area contributed by atoms with Crippen LogP contribution in [0, 0.1) is 16.7 Å². The molecule has 0 bridgehead atoms. The molecule has 1 aliphatic rings. The average Bonchev–Trinajstić information content (AvgIpc) is 2.59. The van der Waals surface area contributed by atoms with Gasteiger partial charge in [-0.3, -0.25) is 5.41 Å². The Labute approximate surface area is 118 Å². The van der Waals surface area contributed by atoms with Crippen LogP contribution in [0.25, 0.3) is 6.08 Å². The molecule has 0 saturated carbocycles. The van der Waals surface area contributed by atoms with Crippen molar-refractivity contribution in [1.82, 2.24) is 0 Å². The maximum Gasteiger partial charge on any atom is 0.112 e. The highest BCUT2D eigenvalue weighted by atomic mass is 35.5. The molecule has 0 spiro atoms. The summed E-state index contributed by atoms with van der Waals surface area (Å²) >= 11 is 12.9. The van der Waals surface area contributed by atoms with Gasteiger partial charge in [0.25, 0.3) is 0 Å². The number of hydrogen-bond acceptors (Lipinski definition) is 4. The molecule has 0 aromatic heterocycles. The fourth-order valence-corrected chi connectivity index (χ4v) is 2.62. The van der Waals surface area contributed by atoms with Crippen LogP contribution < -0.4 is 5.73 Å². The zero-order chi connectivity index (χ0) is 13.3. The lowest BCUT2D eigenvalue weighted by molar-refractivity contribution is 1.38. The Kier molecular flexibility index (Phi) is 3.67. The summed E-state index contributed by atoms with van der Waals surface area (Å²) in [6.07, 6.45) is 1.78. The number of hydrogen-bond donors (Lipinski definition) is 2. The van der Waals surface area contributed by atoms with Crippen molar-refractivity contribution in [3.05, 3.63) is 50.0 Å². The van der Waals surface area contributed by atoms with Crippen molar-refractivity contribution in [2.75, 3.05) is 0 Å². The van der Waals surface area contributed by atoms with Crippen LogP contribution in [-0.2, 0) is 0 Å². The summed E-state index contributed by atoms with van der Waals surface area (Å²) in [4.78, 5) is 0.676. The second-order valence-corrected chi connectivity index (χ2v) is 5.38. The van der Waals surface area contributed by atoms with Crippen molar-refractivity contribution < 1.29 is 0 Å². The molecule has 1 heterocycles. The van der Waals surface area contributed by atoms with Crippen LogP contribution in [0.4, 0.5) is 0 Å². The van der Waals surface area contributed by atoms with Gasteiger partial charge in [-0.2, -0.15) is 5.26 Å². The van der Waals surface area contributed by atoms with Gasteiger partial charge < -0.3 is 5.73 Å². The Bertz CT molecular complexity index is 641. The van der Waals surface area contributed by atoms with Crippen LogP contribution in [0.1, 0.15) is 5.56 Å². The fraction of sp³-hybridized carbons (Fsp3) is 0. The molecule has 3 N–H and O–H groups in total. The van der Waals surface area contributed by atoms with Gasteiger partial charge in [-0.15, -0.1) is 0 Å². The molecule has 0 fully saturated rings. The van der Waals surface area contributed by atoms with Crippen LogP contribution >= 0.6 is 35.0 Å². The van der Waals surface area contributed by atoms with Gasteiger partial charge >= 0.3 is 0 Å². The number of nitrogens with two attached hydrogens (primary N) is 1. The highest BCUT2D eigenvalue weighted by molar-refractivity contribution is 8.18. The van der Waals surface area contributed by atoms with E-state index in [2.05, 4.69) is 0 Å². The zero-order valence-electron chi connectivity index (χ0n) is 9.00. The van der Waals surface area contributed by atoms with E-state index in [-0.39, 0.29) is 10.6 Å². The van der Waals surface area contributed by atoms with Crippen LogP contribution in [0.15, 0.2) is 34.4 Å². The van der Waals surface area contributed by atoms with E-state index in [4.69, 9.17) is 39.6 Å². The van der Waals surface area contributed by atoms with Crippen molar-refractivity contribution in [2.45, 2.75) is 0 Å². The van der Waals surface area contributed by atoms with E-state index in [0.717, 1.165) is 17.3 Å². The fourth-order valence-electron chi connectivity index (χ4n) is 1.43. The first-order valence-corrected chi connectivity index (χ1v) is 6.44. The summed E-state index contributed by atoms with van der Waals surface area (Å²) in [6, 6.07) is 7.11. The lowest BCUT2D eigenvalue weighted by atomic mass is 10.1. The summed E-state index contributed by atoms with van der Waals surface area (Å²) in [5.74, 6) is 0. The molecule has 1 aliphatic heterocycles.